The summed E-state index contributed by atoms with van der Waals surface area (Å²) in [6.07, 6.45) is 0. The molecule has 0 aliphatic heterocycles. The second-order valence-electron chi connectivity index (χ2n) is 3.67. The first kappa shape index (κ1) is 16.1. The molecule has 0 spiro atoms. The zero-order valence-electron chi connectivity index (χ0n) is 10.3. The van der Waals surface area contributed by atoms with Crippen LogP contribution >= 0.6 is 0 Å². The van der Waals surface area contributed by atoms with Crippen LogP contribution in [0.2, 0.25) is 0 Å². The van der Waals surface area contributed by atoms with Gasteiger partial charge >= 0.3 is 0 Å². The van der Waals surface area contributed by atoms with E-state index in [0.29, 0.717) is 5.56 Å². The van der Waals surface area contributed by atoms with Gasteiger partial charge in [0.05, 0.1) is 0 Å². The van der Waals surface area contributed by atoms with Gasteiger partial charge in [-0.25, -0.2) is 0 Å². The average Bonchev–Trinajstić information content (AvgIpc) is 2.38. The molecule has 0 fully saturated rings. The molecule has 19 heavy (non-hydrogen) atoms. The predicted molar refractivity (Wildman–Crippen MR) is 71.9 cm³/mol. The molecule has 4 nitrogen and oxygen atoms in total. The van der Waals surface area contributed by atoms with Gasteiger partial charge < -0.3 is 0 Å². The van der Waals surface area contributed by atoms with Crippen molar-refractivity contribution in [3.8, 4) is 0 Å². The number of carbonyl (C=O) groups excluding carboxylic acids is 1. The smallest absolute Gasteiger partial charge is 0.289 e. The minimum Gasteiger partial charge on any atom is -0.289 e. The van der Waals surface area contributed by atoms with E-state index < -0.39 is 15.9 Å². The summed E-state index contributed by atoms with van der Waals surface area (Å²) in [7, 11) is -4.41. The van der Waals surface area contributed by atoms with Gasteiger partial charge in [0, 0.05) is 40.7 Å². The molecule has 2 aromatic carbocycles. The molecular formula is C13H10NaO4S. The topological polar surface area (TPSA) is 71.4 Å². The van der Waals surface area contributed by atoms with Crippen molar-refractivity contribution in [3.05, 3.63) is 65.7 Å². The van der Waals surface area contributed by atoms with Crippen molar-refractivity contribution in [3.63, 3.8) is 0 Å². The zero-order chi connectivity index (χ0) is 13.2. The van der Waals surface area contributed by atoms with Crippen molar-refractivity contribution in [2.24, 2.45) is 0 Å². The second-order valence-corrected chi connectivity index (χ2v) is 5.06. The first-order valence-corrected chi connectivity index (χ1v) is 6.60. The first-order chi connectivity index (χ1) is 8.50. The van der Waals surface area contributed by atoms with Crippen LogP contribution in [0.1, 0.15) is 15.9 Å². The van der Waals surface area contributed by atoms with Gasteiger partial charge in [-0.3, -0.25) is 9.35 Å². The Kier molecular flexibility index (Phi) is 5.46. The largest absolute Gasteiger partial charge is 0.295 e. The molecule has 0 unspecified atom stereocenters. The monoisotopic (exact) mass is 285 g/mol. The Morgan fingerprint density at radius 2 is 1.42 bits per heavy atom. The Labute approximate surface area is 133 Å². The van der Waals surface area contributed by atoms with E-state index in [1.54, 1.807) is 36.4 Å². The summed E-state index contributed by atoms with van der Waals surface area (Å²) < 4.78 is 31.5. The molecule has 2 aromatic rings. The second kappa shape index (κ2) is 6.45. The van der Waals surface area contributed by atoms with E-state index in [-0.39, 0.29) is 40.0 Å². The maximum absolute atomic E-state index is 12.1. The van der Waals surface area contributed by atoms with Crippen LogP contribution in [0.15, 0.2) is 59.5 Å². The number of hydrogen-bond donors (Lipinski definition) is 1. The maximum Gasteiger partial charge on any atom is 0.295 e. The van der Waals surface area contributed by atoms with Gasteiger partial charge in [-0.15, -0.1) is 0 Å². The SMILES string of the molecule is O=C(c1ccccc1)c1ccccc1S(=O)(=O)O.[Na]. The van der Waals surface area contributed by atoms with Crippen molar-refractivity contribution in [2.75, 3.05) is 0 Å². The van der Waals surface area contributed by atoms with Crippen LogP contribution in [0, 0.1) is 0 Å². The van der Waals surface area contributed by atoms with E-state index in [1.165, 1.54) is 18.2 Å². The van der Waals surface area contributed by atoms with Crippen molar-refractivity contribution >= 4 is 45.5 Å². The molecule has 0 bridgehead atoms. The molecule has 0 aromatic heterocycles. The Morgan fingerprint density at radius 1 is 0.895 bits per heavy atom. The molecule has 0 atom stereocenters. The fourth-order valence-electron chi connectivity index (χ4n) is 1.62. The Hall–Kier alpha value is -0.980. The molecule has 0 heterocycles. The molecular weight excluding hydrogens is 275 g/mol. The van der Waals surface area contributed by atoms with Gasteiger partial charge in [0.15, 0.2) is 5.78 Å². The van der Waals surface area contributed by atoms with E-state index in [0.717, 1.165) is 0 Å². The number of carbonyl (C=O) groups is 1. The molecule has 0 saturated carbocycles. The molecule has 0 aliphatic rings. The van der Waals surface area contributed by atoms with Gasteiger partial charge in [-0.1, -0.05) is 42.5 Å². The third-order valence-corrected chi connectivity index (χ3v) is 3.36. The summed E-state index contributed by atoms with van der Waals surface area (Å²) in [5.74, 6) is -0.441. The summed E-state index contributed by atoms with van der Waals surface area (Å²) in [5.41, 5.74) is 0.333. The Balaban J connectivity index is 0.00000180. The third kappa shape index (κ3) is 3.75. The maximum atomic E-state index is 12.1. The molecule has 0 saturated heterocycles. The summed E-state index contributed by atoms with van der Waals surface area (Å²) in [4.78, 5) is 11.8. The van der Waals surface area contributed by atoms with Crippen LogP contribution in [0.25, 0.3) is 0 Å². The normalized spacial score (nSPS) is 10.6. The molecule has 0 amide bonds. The van der Waals surface area contributed by atoms with Gasteiger partial charge in [0.2, 0.25) is 0 Å². The van der Waals surface area contributed by atoms with E-state index >= 15 is 0 Å². The molecule has 0 aliphatic carbocycles. The number of benzene rings is 2. The minimum atomic E-state index is -4.41. The van der Waals surface area contributed by atoms with Crippen LogP contribution in [-0.4, -0.2) is 48.3 Å². The Bertz CT molecular complexity index is 681. The van der Waals surface area contributed by atoms with Crippen molar-refractivity contribution in [1.82, 2.24) is 0 Å². The van der Waals surface area contributed by atoms with Crippen molar-refractivity contribution in [2.45, 2.75) is 4.90 Å². The predicted octanol–water partition coefficient (Wildman–Crippen LogP) is 1.78. The Morgan fingerprint density at radius 3 is 2.00 bits per heavy atom. The van der Waals surface area contributed by atoms with Crippen LogP contribution in [0.5, 0.6) is 0 Å². The van der Waals surface area contributed by atoms with Gasteiger partial charge in [-0.05, 0) is 12.1 Å². The molecule has 93 valence electrons. The average molecular weight is 285 g/mol. The van der Waals surface area contributed by atoms with Gasteiger partial charge in [-0.2, -0.15) is 8.42 Å². The number of rotatable bonds is 3. The summed E-state index contributed by atoms with van der Waals surface area (Å²) >= 11 is 0. The zero-order valence-corrected chi connectivity index (χ0v) is 13.1. The molecule has 1 radical (unpaired) electrons. The fourth-order valence-corrected chi connectivity index (χ4v) is 2.31. The van der Waals surface area contributed by atoms with E-state index in [1.807, 2.05) is 0 Å². The van der Waals surface area contributed by atoms with Crippen LogP contribution in [-0.2, 0) is 10.1 Å². The summed E-state index contributed by atoms with van der Waals surface area (Å²) in [6, 6.07) is 13.9. The summed E-state index contributed by atoms with van der Waals surface area (Å²) in [6.45, 7) is 0. The van der Waals surface area contributed by atoms with Gasteiger partial charge in [0.25, 0.3) is 10.1 Å². The van der Waals surface area contributed by atoms with Gasteiger partial charge in [0.1, 0.15) is 4.90 Å². The van der Waals surface area contributed by atoms with Crippen LogP contribution in [0.3, 0.4) is 0 Å². The van der Waals surface area contributed by atoms with Crippen molar-refractivity contribution in [1.29, 1.82) is 0 Å². The quantitative estimate of drug-likeness (QED) is 0.530. The van der Waals surface area contributed by atoms with E-state index in [9.17, 15) is 13.2 Å². The summed E-state index contributed by atoms with van der Waals surface area (Å²) in [5, 5.41) is 0. The standard InChI is InChI=1S/C13H10O4S.Na/c14-13(10-6-2-1-3-7-10)11-8-4-5-9-12(11)18(15,16)17;/h1-9H,(H,15,16,17);. The number of ketones is 1. The van der Waals surface area contributed by atoms with Crippen molar-refractivity contribution < 1.29 is 17.8 Å². The molecule has 2 rings (SSSR count). The minimum absolute atomic E-state index is 0. The number of hydrogen-bond acceptors (Lipinski definition) is 3. The van der Waals surface area contributed by atoms with Crippen LogP contribution < -0.4 is 0 Å². The van der Waals surface area contributed by atoms with E-state index in [4.69, 9.17) is 4.55 Å². The van der Waals surface area contributed by atoms with Crippen LogP contribution in [0.4, 0.5) is 0 Å². The van der Waals surface area contributed by atoms with E-state index in [2.05, 4.69) is 0 Å². The third-order valence-electron chi connectivity index (χ3n) is 2.45. The first-order valence-electron chi connectivity index (χ1n) is 5.16. The molecule has 6 heteroatoms. The fraction of sp³-hybridized carbons (Fsp3) is 0. The molecule has 1 N–H and O–H groups in total.